The number of rotatable bonds is 8. The number of halogens is 2. The molecule has 0 saturated carbocycles. The number of nitrogens with one attached hydrogen (secondary N) is 2. The highest BCUT2D eigenvalue weighted by Gasteiger charge is 2.42. The van der Waals surface area contributed by atoms with Crippen molar-refractivity contribution >= 4 is 54.9 Å². The van der Waals surface area contributed by atoms with Crippen LogP contribution in [0.3, 0.4) is 0 Å². The summed E-state index contributed by atoms with van der Waals surface area (Å²) >= 11 is 5.93. The van der Waals surface area contributed by atoms with Gasteiger partial charge in [0, 0.05) is 29.0 Å². The smallest absolute Gasteiger partial charge is 0.322 e. The van der Waals surface area contributed by atoms with Crippen LogP contribution in [0.5, 0.6) is 0 Å². The second-order valence-electron chi connectivity index (χ2n) is 10.8. The highest BCUT2D eigenvalue weighted by atomic mass is 35.5. The second-order valence-corrected chi connectivity index (χ2v) is 14.8. The molecule has 0 aliphatic carbocycles. The standard InChI is InChI=1S/C32H29ClFN3O7S2/c1-20-7-14-25(15-8-20)46(42,43)44-24-18-29(37(19-24)32(39)35-23-12-10-22(33)11-13-23)31(38)36-28-16-9-21(17-27(28)34)26-5-3-4-6-30(26)45(2,40)41/h3-17,24,29H,18-19H2,1-2H3,(H,35,39)(H,36,38). The van der Waals surface area contributed by atoms with E-state index in [1.807, 2.05) is 0 Å². The average molecular weight is 686 g/mol. The van der Waals surface area contributed by atoms with Gasteiger partial charge in [-0.05, 0) is 67.1 Å². The quantitative estimate of drug-likeness (QED) is 0.221. The number of urea groups is 1. The zero-order valence-electron chi connectivity index (χ0n) is 24.6. The Kier molecular flexibility index (Phi) is 9.49. The van der Waals surface area contributed by atoms with Crippen LogP contribution in [0.1, 0.15) is 12.0 Å². The van der Waals surface area contributed by atoms with Crippen molar-refractivity contribution in [2.24, 2.45) is 0 Å². The van der Waals surface area contributed by atoms with Crippen LogP contribution in [0.25, 0.3) is 11.1 Å². The van der Waals surface area contributed by atoms with Crippen LogP contribution in [-0.2, 0) is 28.9 Å². The maximum atomic E-state index is 15.3. The molecule has 2 N–H and O–H groups in total. The van der Waals surface area contributed by atoms with Crippen molar-refractivity contribution in [2.75, 3.05) is 23.4 Å². The van der Waals surface area contributed by atoms with Gasteiger partial charge in [0.15, 0.2) is 9.84 Å². The van der Waals surface area contributed by atoms with E-state index >= 15 is 4.39 Å². The fourth-order valence-corrected chi connectivity index (χ4v) is 7.15. The first-order valence-corrected chi connectivity index (χ1v) is 17.6. The van der Waals surface area contributed by atoms with Gasteiger partial charge >= 0.3 is 6.03 Å². The van der Waals surface area contributed by atoms with Gasteiger partial charge in [-0.25, -0.2) is 17.6 Å². The van der Waals surface area contributed by atoms with Crippen molar-refractivity contribution in [3.05, 3.63) is 107 Å². The zero-order chi connectivity index (χ0) is 33.2. The number of sulfone groups is 1. The third kappa shape index (κ3) is 7.56. The third-order valence-electron chi connectivity index (χ3n) is 7.32. The molecule has 14 heteroatoms. The normalized spacial score (nSPS) is 16.7. The molecule has 4 aromatic carbocycles. The summed E-state index contributed by atoms with van der Waals surface area (Å²) in [5.41, 5.74) is 1.57. The summed E-state index contributed by atoms with van der Waals surface area (Å²) in [6, 6.07) is 20.3. The first kappa shape index (κ1) is 33.1. The van der Waals surface area contributed by atoms with Crippen molar-refractivity contribution in [1.29, 1.82) is 0 Å². The number of hydrogen-bond acceptors (Lipinski definition) is 7. The molecular weight excluding hydrogens is 657 g/mol. The minimum atomic E-state index is -4.24. The number of likely N-dealkylation sites (tertiary alicyclic amines) is 1. The minimum absolute atomic E-state index is 0.0196. The number of nitrogens with zero attached hydrogens (tertiary/aromatic N) is 1. The SMILES string of the molecule is Cc1ccc(S(=O)(=O)OC2CC(C(=O)Nc3ccc(-c4ccccc4S(C)(=O)=O)cc3F)N(C(=O)Nc3ccc(Cl)cc3)C2)cc1. The van der Waals surface area contributed by atoms with E-state index in [0.29, 0.717) is 10.7 Å². The van der Waals surface area contributed by atoms with E-state index in [-0.39, 0.29) is 39.6 Å². The molecule has 1 aliphatic heterocycles. The van der Waals surface area contributed by atoms with Gasteiger partial charge in [0.05, 0.1) is 28.1 Å². The third-order valence-corrected chi connectivity index (χ3v) is 10.1. The molecule has 46 heavy (non-hydrogen) atoms. The lowest BCUT2D eigenvalue weighted by Crippen LogP contribution is -2.45. The molecule has 2 unspecified atom stereocenters. The lowest BCUT2D eigenvalue weighted by molar-refractivity contribution is -0.119. The molecule has 10 nitrogen and oxygen atoms in total. The monoisotopic (exact) mass is 685 g/mol. The molecule has 4 aromatic rings. The van der Waals surface area contributed by atoms with E-state index in [9.17, 15) is 26.4 Å². The van der Waals surface area contributed by atoms with Gasteiger partial charge in [0.25, 0.3) is 10.1 Å². The molecule has 1 fully saturated rings. The second kappa shape index (κ2) is 13.2. The lowest BCUT2D eigenvalue weighted by atomic mass is 10.0. The Labute approximate surface area is 271 Å². The molecule has 0 bridgehead atoms. The highest BCUT2D eigenvalue weighted by Crippen LogP contribution is 2.31. The molecule has 240 valence electrons. The van der Waals surface area contributed by atoms with Gasteiger partial charge in [-0.3, -0.25) is 8.98 Å². The van der Waals surface area contributed by atoms with Crippen LogP contribution in [-0.4, -0.2) is 58.6 Å². The number of carbonyl (C=O) groups is 2. The van der Waals surface area contributed by atoms with E-state index < -0.39 is 49.9 Å². The molecule has 1 aliphatic rings. The number of anilines is 2. The molecule has 0 radical (unpaired) electrons. The van der Waals surface area contributed by atoms with E-state index in [1.54, 1.807) is 61.5 Å². The maximum Gasteiger partial charge on any atom is 0.322 e. The Morgan fingerprint density at radius 1 is 0.913 bits per heavy atom. The Bertz CT molecular complexity index is 2010. The van der Waals surface area contributed by atoms with Gasteiger partial charge < -0.3 is 15.5 Å². The number of aryl methyl sites for hydroxylation is 1. The Morgan fingerprint density at radius 2 is 1.59 bits per heavy atom. The van der Waals surface area contributed by atoms with E-state index in [2.05, 4.69) is 10.6 Å². The molecule has 1 heterocycles. The van der Waals surface area contributed by atoms with Crippen molar-refractivity contribution in [2.45, 2.75) is 35.3 Å². The number of hydrogen-bond donors (Lipinski definition) is 2. The van der Waals surface area contributed by atoms with E-state index in [1.165, 1.54) is 30.3 Å². The maximum absolute atomic E-state index is 15.3. The predicted molar refractivity (Wildman–Crippen MR) is 172 cm³/mol. The fraction of sp³-hybridized carbons (Fsp3) is 0.188. The number of benzene rings is 4. The van der Waals surface area contributed by atoms with Crippen molar-refractivity contribution in [1.82, 2.24) is 4.90 Å². The predicted octanol–water partition coefficient (Wildman–Crippen LogP) is 5.88. The summed E-state index contributed by atoms with van der Waals surface area (Å²) < 4.78 is 71.3. The Hall–Kier alpha value is -4.30. The Morgan fingerprint density at radius 3 is 2.24 bits per heavy atom. The fourth-order valence-electron chi connectivity index (χ4n) is 5.04. The van der Waals surface area contributed by atoms with Crippen molar-refractivity contribution in [3.8, 4) is 11.1 Å². The van der Waals surface area contributed by atoms with Crippen LogP contribution in [0.2, 0.25) is 5.02 Å². The molecule has 5 rings (SSSR count). The highest BCUT2D eigenvalue weighted by molar-refractivity contribution is 7.90. The van der Waals surface area contributed by atoms with Crippen molar-refractivity contribution < 1.29 is 35.0 Å². The molecule has 2 atom stereocenters. The van der Waals surface area contributed by atoms with Gasteiger partial charge in [0.1, 0.15) is 11.9 Å². The summed E-state index contributed by atoms with van der Waals surface area (Å²) in [4.78, 5) is 27.9. The van der Waals surface area contributed by atoms with Crippen molar-refractivity contribution in [3.63, 3.8) is 0 Å². The topological polar surface area (TPSA) is 139 Å². The first-order valence-electron chi connectivity index (χ1n) is 13.9. The first-order chi connectivity index (χ1) is 21.7. The lowest BCUT2D eigenvalue weighted by Gasteiger charge is -2.24. The van der Waals surface area contributed by atoms with E-state index in [0.717, 1.165) is 22.8 Å². The molecule has 3 amide bonds. The summed E-state index contributed by atoms with van der Waals surface area (Å²) in [6.45, 7) is 1.55. The largest absolute Gasteiger partial charge is 0.322 e. The summed E-state index contributed by atoms with van der Waals surface area (Å²) in [5, 5.41) is 5.58. The number of carbonyl (C=O) groups excluding carboxylic acids is 2. The molecule has 1 saturated heterocycles. The molecule has 0 spiro atoms. The van der Waals surface area contributed by atoms with Crippen LogP contribution in [0, 0.1) is 12.7 Å². The molecule has 0 aromatic heterocycles. The Balaban J connectivity index is 1.39. The van der Waals surface area contributed by atoms with Crippen LogP contribution in [0.15, 0.2) is 101 Å². The zero-order valence-corrected chi connectivity index (χ0v) is 27.0. The number of amides is 3. The van der Waals surface area contributed by atoms with Gasteiger partial charge in [-0.15, -0.1) is 0 Å². The van der Waals surface area contributed by atoms with Crippen LogP contribution < -0.4 is 10.6 Å². The minimum Gasteiger partial charge on any atom is -0.322 e. The van der Waals surface area contributed by atoms with Crippen LogP contribution in [0.4, 0.5) is 20.6 Å². The van der Waals surface area contributed by atoms with E-state index in [4.69, 9.17) is 15.8 Å². The van der Waals surface area contributed by atoms with Gasteiger partial charge in [0.2, 0.25) is 5.91 Å². The average Bonchev–Trinajstić information content (AvgIpc) is 3.42. The summed E-state index contributed by atoms with van der Waals surface area (Å²) in [6.07, 6.45) is -0.236. The van der Waals surface area contributed by atoms with Gasteiger partial charge in [-0.1, -0.05) is 53.6 Å². The summed E-state index contributed by atoms with van der Waals surface area (Å²) in [7, 11) is -7.85. The van der Waals surface area contributed by atoms with Crippen LogP contribution >= 0.6 is 11.6 Å². The summed E-state index contributed by atoms with van der Waals surface area (Å²) in [5.74, 6) is -1.63. The molecular formula is C32H29ClFN3O7S2. The van der Waals surface area contributed by atoms with Gasteiger partial charge in [-0.2, -0.15) is 8.42 Å².